The average molecular weight is 217 g/mol. The molecule has 0 radical (unpaired) electrons. The van der Waals surface area contributed by atoms with E-state index in [0.29, 0.717) is 12.0 Å². The highest BCUT2D eigenvalue weighted by atomic mass is 14.7. The number of rotatable bonds is 2. The molecule has 2 unspecified atom stereocenters. The van der Waals surface area contributed by atoms with Crippen molar-refractivity contribution >= 4 is 0 Å². The summed E-state index contributed by atoms with van der Waals surface area (Å²) in [5.74, 6) is 0.602. The van der Waals surface area contributed by atoms with Crippen LogP contribution in [-0.4, -0.2) is 6.04 Å². The SMILES string of the molecule is CCCC1C2=C(C)CC=CC=C2CCC1N. The van der Waals surface area contributed by atoms with Crippen LogP contribution in [0.3, 0.4) is 0 Å². The fraction of sp³-hybridized carbons (Fsp3) is 0.600. The van der Waals surface area contributed by atoms with Gasteiger partial charge in [-0.25, -0.2) is 0 Å². The largest absolute Gasteiger partial charge is 0.327 e. The van der Waals surface area contributed by atoms with Gasteiger partial charge in [0.1, 0.15) is 0 Å². The van der Waals surface area contributed by atoms with E-state index in [1.807, 2.05) is 0 Å². The minimum absolute atomic E-state index is 0.375. The van der Waals surface area contributed by atoms with Gasteiger partial charge < -0.3 is 5.73 Å². The Labute approximate surface area is 99.1 Å². The highest BCUT2D eigenvalue weighted by Crippen LogP contribution is 2.39. The van der Waals surface area contributed by atoms with Crippen LogP contribution in [0.4, 0.5) is 0 Å². The number of allylic oxidation sites excluding steroid dienone is 5. The lowest BCUT2D eigenvalue weighted by Gasteiger charge is -2.34. The summed E-state index contributed by atoms with van der Waals surface area (Å²) in [4.78, 5) is 0. The van der Waals surface area contributed by atoms with E-state index in [0.717, 1.165) is 12.8 Å². The number of fused-ring (bicyclic) bond motifs is 1. The third kappa shape index (κ3) is 2.15. The van der Waals surface area contributed by atoms with Crippen LogP contribution in [0, 0.1) is 5.92 Å². The van der Waals surface area contributed by atoms with Crippen LogP contribution in [0.5, 0.6) is 0 Å². The quantitative estimate of drug-likeness (QED) is 0.749. The van der Waals surface area contributed by atoms with E-state index in [9.17, 15) is 0 Å². The van der Waals surface area contributed by atoms with Crippen LogP contribution < -0.4 is 5.73 Å². The van der Waals surface area contributed by atoms with Crippen LogP contribution in [0.2, 0.25) is 0 Å². The first-order valence-corrected chi connectivity index (χ1v) is 6.55. The predicted molar refractivity (Wildman–Crippen MR) is 70.1 cm³/mol. The Morgan fingerprint density at radius 3 is 3.00 bits per heavy atom. The summed E-state index contributed by atoms with van der Waals surface area (Å²) >= 11 is 0. The van der Waals surface area contributed by atoms with Crippen molar-refractivity contribution in [2.24, 2.45) is 11.7 Å². The maximum Gasteiger partial charge on any atom is 0.0111 e. The summed E-state index contributed by atoms with van der Waals surface area (Å²) in [5, 5.41) is 0. The zero-order valence-electron chi connectivity index (χ0n) is 10.5. The van der Waals surface area contributed by atoms with Crippen LogP contribution in [0.25, 0.3) is 0 Å². The molecule has 2 N–H and O–H groups in total. The monoisotopic (exact) mass is 217 g/mol. The first kappa shape index (κ1) is 11.7. The molecule has 0 heterocycles. The molecule has 0 saturated heterocycles. The molecule has 2 aliphatic rings. The Morgan fingerprint density at radius 1 is 1.44 bits per heavy atom. The molecular weight excluding hydrogens is 194 g/mol. The Kier molecular flexibility index (Phi) is 3.65. The fourth-order valence-electron chi connectivity index (χ4n) is 3.08. The molecule has 0 aromatic heterocycles. The molecule has 0 aliphatic heterocycles. The van der Waals surface area contributed by atoms with Gasteiger partial charge in [0.2, 0.25) is 0 Å². The van der Waals surface area contributed by atoms with Gasteiger partial charge in [0.25, 0.3) is 0 Å². The van der Waals surface area contributed by atoms with Crippen molar-refractivity contribution < 1.29 is 0 Å². The van der Waals surface area contributed by atoms with Gasteiger partial charge in [-0.05, 0) is 49.7 Å². The third-order valence-electron chi connectivity index (χ3n) is 3.90. The summed E-state index contributed by atoms with van der Waals surface area (Å²) in [6.45, 7) is 4.54. The summed E-state index contributed by atoms with van der Waals surface area (Å²) in [6, 6.07) is 0.375. The van der Waals surface area contributed by atoms with E-state index in [2.05, 4.69) is 32.1 Å². The van der Waals surface area contributed by atoms with Gasteiger partial charge >= 0.3 is 0 Å². The molecule has 1 saturated carbocycles. The van der Waals surface area contributed by atoms with Crippen molar-refractivity contribution in [2.45, 2.75) is 52.0 Å². The van der Waals surface area contributed by atoms with Crippen LogP contribution in [-0.2, 0) is 0 Å². The maximum absolute atomic E-state index is 6.30. The van der Waals surface area contributed by atoms with Gasteiger partial charge in [-0.3, -0.25) is 0 Å². The molecule has 0 spiro atoms. The first-order chi connectivity index (χ1) is 7.74. The summed E-state index contributed by atoms with van der Waals surface area (Å²) in [5.41, 5.74) is 11.0. The van der Waals surface area contributed by atoms with Crippen molar-refractivity contribution in [2.75, 3.05) is 0 Å². The highest BCUT2D eigenvalue weighted by molar-refractivity contribution is 5.44. The molecule has 16 heavy (non-hydrogen) atoms. The highest BCUT2D eigenvalue weighted by Gasteiger charge is 2.29. The number of hydrogen-bond acceptors (Lipinski definition) is 1. The molecule has 1 nitrogen and oxygen atoms in total. The summed E-state index contributed by atoms with van der Waals surface area (Å²) in [7, 11) is 0. The molecule has 2 atom stereocenters. The number of nitrogens with two attached hydrogens (primary N) is 1. The molecule has 1 fully saturated rings. The van der Waals surface area contributed by atoms with Gasteiger partial charge in [-0.15, -0.1) is 0 Å². The molecule has 2 aliphatic carbocycles. The summed E-state index contributed by atoms with van der Waals surface area (Å²) in [6.07, 6.45) is 12.7. The zero-order valence-corrected chi connectivity index (χ0v) is 10.5. The van der Waals surface area contributed by atoms with E-state index in [-0.39, 0.29) is 0 Å². The van der Waals surface area contributed by atoms with E-state index in [1.165, 1.54) is 24.8 Å². The van der Waals surface area contributed by atoms with Gasteiger partial charge in [-0.1, -0.05) is 37.1 Å². The lowest BCUT2D eigenvalue weighted by atomic mass is 9.73. The molecule has 0 aromatic rings. The van der Waals surface area contributed by atoms with Crippen LogP contribution in [0.1, 0.15) is 46.0 Å². The molecule has 0 aromatic carbocycles. The predicted octanol–water partition coefficient (Wildman–Crippen LogP) is 3.73. The normalized spacial score (nSPS) is 29.8. The molecular formula is C15H23N. The zero-order chi connectivity index (χ0) is 11.5. The van der Waals surface area contributed by atoms with Crippen molar-refractivity contribution in [3.05, 3.63) is 34.9 Å². The lowest BCUT2D eigenvalue weighted by Crippen LogP contribution is -2.35. The second-order valence-corrected chi connectivity index (χ2v) is 5.12. The van der Waals surface area contributed by atoms with Crippen molar-refractivity contribution in [3.8, 4) is 0 Å². The van der Waals surface area contributed by atoms with Crippen LogP contribution in [0.15, 0.2) is 34.9 Å². The standard InChI is InChI=1S/C15H23N/c1-3-6-13-14(16)10-9-12-8-5-4-7-11(2)15(12)13/h4-5,8,13-14H,3,6-7,9-10,16H2,1-2H3. The summed E-state index contributed by atoms with van der Waals surface area (Å²) < 4.78 is 0. The average Bonchev–Trinajstić information content (AvgIpc) is 2.45. The van der Waals surface area contributed by atoms with Crippen molar-refractivity contribution in [1.82, 2.24) is 0 Å². The van der Waals surface area contributed by atoms with E-state index < -0.39 is 0 Å². The Balaban J connectivity index is 2.36. The Hall–Kier alpha value is -0.820. The molecule has 0 amide bonds. The van der Waals surface area contributed by atoms with Gasteiger partial charge in [-0.2, -0.15) is 0 Å². The minimum Gasteiger partial charge on any atom is -0.327 e. The molecule has 88 valence electrons. The van der Waals surface area contributed by atoms with E-state index >= 15 is 0 Å². The molecule has 0 bridgehead atoms. The number of hydrogen-bond donors (Lipinski definition) is 1. The maximum atomic E-state index is 6.30. The lowest BCUT2D eigenvalue weighted by molar-refractivity contribution is 0.396. The van der Waals surface area contributed by atoms with E-state index in [1.54, 1.807) is 11.1 Å². The second kappa shape index (κ2) is 5.01. The Bertz CT molecular complexity index is 346. The van der Waals surface area contributed by atoms with Gasteiger partial charge in [0, 0.05) is 6.04 Å². The molecule has 2 rings (SSSR count). The first-order valence-electron chi connectivity index (χ1n) is 6.55. The second-order valence-electron chi connectivity index (χ2n) is 5.12. The van der Waals surface area contributed by atoms with Crippen LogP contribution >= 0.6 is 0 Å². The fourth-order valence-corrected chi connectivity index (χ4v) is 3.08. The third-order valence-corrected chi connectivity index (χ3v) is 3.90. The minimum atomic E-state index is 0.375. The van der Waals surface area contributed by atoms with E-state index in [4.69, 9.17) is 5.73 Å². The smallest absolute Gasteiger partial charge is 0.0111 e. The van der Waals surface area contributed by atoms with Gasteiger partial charge in [0.05, 0.1) is 0 Å². The topological polar surface area (TPSA) is 26.0 Å². The van der Waals surface area contributed by atoms with Crippen molar-refractivity contribution in [1.29, 1.82) is 0 Å². The Morgan fingerprint density at radius 2 is 2.25 bits per heavy atom. The van der Waals surface area contributed by atoms with Crippen molar-refractivity contribution in [3.63, 3.8) is 0 Å². The molecule has 1 heteroatoms. The van der Waals surface area contributed by atoms with Gasteiger partial charge in [0.15, 0.2) is 0 Å².